The molecule has 0 bridgehead atoms. The monoisotopic (exact) mass is 342 g/mol. The molecule has 0 spiro atoms. The molecule has 126 valence electrons. The van der Waals surface area contributed by atoms with E-state index in [2.05, 4.69) is 38.3 Å². The standard InChI is InChI=1S/C16H30O4Si2/c1-17-7-9-19-13-11-16(22(5)6)14(20-10-8-18-2)12-15(13)21(3)4/h11-12,21-22H,7-10H2,1-6H3. The molecule has 0 aliphatic rings. The van der Waals surface area contributed by atoms with Crippen molar-refractivity contribution >= 4 is 28.0 Å². The van der Waals surface area contributed by atoms with Gasteiger partial charge in [0.15, 0.2) is 0 Å². The first-order valence-corrected chi connectivity index (χ1v) is 13.7. The minimum absolute atomic E-state index is 0.591. The van der Waals surface area contributed by atoms with Crippen LogP contribution in [0.3, 0.4) is 0 Å². The van der Waals surface area contributed by atoms with Crippen molar-refractivity contribution in [1.82, 2.24) is 0 Å². The highest BCUT2D eigenvalue weighted by atomic mass is 28.3. The Morgan fingerprint density at radius 1 is 0.682 bits per heavy atom. The molecule has 1 aromatic rings. The van der Waals surface area contributed by atoms with E-state index in [4.69, 9.17) is 18.9 Å². The van der Waals surface area contributed by atoms with Gasteiger partial charge in [-0.05, 0) is 22.5 Å². The van der Waals surface area contributed by atoms with Crippen LogP contribution in [0.1, 0.15) is 0 Å². The van der Waals surface area contributed by atoms with Gasteiger partial charge >= 0.3 is 0 Å². The van der Waals surface area contributed by atoms with Gasteiger partial charge in [-0.1, -0.05) is 26.2 Å². The predicted molar refractivity (Wildman–Crippen MR) is 98.2 cm³/mol. The largest absolute Gasteiger partial charge is 0.491 e. The van der Waals surface area contributed by atoms with Gasteiger partial charge in [0.25, 0.3) is 0 Å². The fourth-order valence-electron chi connectivity index (χ4n) is 2.21. The van der Waals surface area contributed by atoms with Crippen molar-refractivity contribution in [3.8, 4) is 11.5 Å². The normalized spacial score (nSPS) is 11.3. The zero-order chi connectivity index (χ0) is 16.5. The Morgan fingerprint density at radius 3 is 1.32 bits per heavy atom. The van der Waals surface area contributed by atoms with E-state index in [1.54, 1.807) is 14.2 Å². The maximum Gasteiger partial charge on any atom is 0.118 e. The predicted octanol–water partition coefficient (Wildman–Crippen LogP) is 1.12. The molecule has 0 amide bonds. The van der Waals surface area contributed by atoms with Gasteiger partial charge in [0.2, 0.25) is 0 Å². The zero-order valence-corrected chi connectivity index (χ0v) is 17.1. The Morgan fingerprint density at radius 2 is 1.05 bits per heavy atom. The molecule has 1 aromatic carbocycles. The molecule has 0 heterocycles. The topological polar surface area (TPSA) is 36.9 Å². The van der Waals surface area contributed by atoms with Gasteiger partial charge in [0, 0.05) is 14.2 Å². The maximum absolute atomic E-state index is 5.96. The van der Waals surface area contributed by atoms with Crippen LogP contribution >= 0.6 is 0 Å². The summed E-state index contributed by atoms with van der Waals surface area (Å²) in [6, 6.07) is 4.41. The summed E-state index contributed by atoms with van der Waals surface area (Å²) >= 11 is 0. The van der Waals surface area contributed by atoms with Crippen molar-refractivity contribution in [2.45, 2.75) is 26.2 Å². The lowest BCUT2D eigenvalue weighted by Gasteiger charge is -2.20. The lowest BCUT2D eigenvalue weighted by Crippen LogP contribution is -2.33. The van der Waals surface area contributed by atoms with E-state index in [1.807, 2.05) is 0 Å². The van der Waals surface area contributed by atoms with Crippen molar-refractivity contribution in [2.75, 3.05) is 40.6 Å². The summed E-state index contributed by atoms with van der Waals surface area (Å²) < 4.78 is 22.1. The molecule has 0 N–H and O–H groups in total. The van der Waals surface area contributed by atoms with Gasteiger partial charge in [-0.15, -0.1) is 0 Å². The van der Waals surface area contributed by atoms with E-state index in [9.17, 15) is 0 Å². The van der Waals surface area contributed by atoms with E-state index >= 15 is 0 Å². The maximum atomic E-state index is 5.96. The van der Waals surface area contributed by atoms with Gasteiger partial charge in [-0.25, -0.2) is 0 Å². The Kier molecular flexibility index (Phi) is 8.78. The smallest absolute Gasteiger partial charge is 0.118 e. The number of hydrogen-bond acceptors (Lipinski definition) is 4. The number of rotatable bonds is 10. The number of benzene rings is 1. The molecule has 6 heteroatoms. The first-order valence-electron chi connectivity index (χ1n) is 7.92. The average molecular weight is 343 g/mol. The molecule has 4 nitrogen and oxygen atoms in total. The molecule has 0 fully saturated rings. The lowest BCUT2D eigenvalue weighted by atomic mass is 10.3. The van der Waals surface area contributed by atoms with Crippen LogP contribution in [-0.2, 0) is 9.47 Å². The number of hydrogen-bond donors (Lipinski definition) is 0. The molecule has 0 saturated heterocycles. The second-order valence-corrected chi connectivity index (χ2v) is 11.8. The third-order valence-corrected chi connectivity index (χ3v) is 6.87. The van der Waals surface area contributed by atoms with E-state index in [0.29, 0.717) is 26.4 Å². The van der Waals surface area contributed by atoms with Crippen molar-refractivity contribution in [3.63, 3.8) is 0 Å². The molecule has 0 aliphatic carbocycles. The van der Waals surface area contributed by atoms with E-state index in [1.165, 1.54) is 10.4 Å². The highest BCUT2D eigenvalue weighted by Gasteiger charge is 2.17. The Balaban J connectivity index is 3.07. The lowest BCUT2D eigenvalue weighted by molar-refractivity contribution is 0.145. The minimum atomic E-state index is -1.00. The number of methoxy groups -OCH3 is 2. The third kappa shape index (κ3) is 5.75. The van der Waals surface area contributed by atoms with Crippen LogP contribution in [0.5, 0.6) is 11.5 Å². The summed E-state index contributed by atoms with van der Waals surface area (Å²) in [7, 11) is 1.39. The summed E-state index contributed by atoms with van der Waals surface area (Å²) in [4.78, 5) is 0. The molecular formula is C16H30O4Si2. The van der Waals surface area contributed by atoms with E-state index in [0.717, 1.165) is 11.5 Å². The first-order chi connectivity index (χ1) is 10.5. The summed E-state index contributed by atoms with van der Waals surface area (Å²) in [6.45, 7) is 11.6. The number of ether oxygens (including phenoxy) is 4. The van der Waals surface area contributed by atoms with Crippen molar-refractivity contribution in [1.29, 1.82) is 0 Å². The zero-order valence-electron chi connectivity index (χ0n) is 14.8. The molecule has 0 radical (unpaired) electrons. The van der Waals surface area contributed by atoms with E-state index in [-0.39, 0.29) is 0 Å². The van der Waals surface area contributed by atoms with Gasteiger partial charge in [0.05, 0.1) is 30.8 Å². The minimum Gasteiger partial charge on any atom is -0.491 e. The van der Waals surface area contributed by atoms with Gasteiger partial charge in [-0.3, -0.25) is 0 Å². The summed E-state index contributed by atoms with van der Waals surface area (Å²) in [5, 5.41) is 2.64. The highest BCUT2D eigenvalue weighted by molar-refractivity contribution is 6.74. The Labute approximate surface area is 137 Å². The van der Waals surface area contributed by atoms with Crippen LogP contribution in [0.25, 0.3) is 0 Å². The third-order valence-electron chi connectivity index (χ3n) is 3.48. The van der Waals surface area contributed by atoms with E-state index < -0.39 is 17.6 Å². The summed E-state index contributed by atoms with van der Waals surface area (Å²) in [6.07, 6.45) is 0. The molecule has 0 aliphatic heterocycles. The summed E-state index contributed by atoms with van der Waals surface area (Å²) in [5.74, 6) is 2.04. The van der Waals surface area contributed by atoms with Crippen molar-refractivity contribution < 1.29 is 18.9 Å². The Bertz CT molecular complexity index is 408. The molecule has 0 atom stereocenters. The van der Waals surface area contributed by atoms with Gasteiger partial charge < -0.3 is 18.9 Å². The Hall–Kier alpha value is -0.826. The van der Waals surface area contributed by atoms with Crippen LogP contribution in [0, 0.1) is 0 Å². The van der Waals surface area contributed by atoms with Crippen molar-refractivity contribution in [2.24, 2.45) is 0 Å². The molecule has 22 heavy (non-hydrogen) atoms. The molecule has 0 aromatic heterocycles. The SMILES string of the molecule is COCCOc1cc([SiH](C)C)c(OCCOC)cc1[SiH](C)C. The van der Waals surface area contributed by atoms with Crippen LogP contribution in [-0.4, -0.2) is 58.2 Å². The molecule has 1 rings (SSSR count). The fourth-order valence-corrected chi connectivity index (χ4v) is 4.65. The molecule has 0 unspecified atom stereocenters. The van der Waals surface area contributed by atoms with Crippen LogP contribution in [0.15, 0.2) is 12.1 Å². The van der Waals surface area contributed by atoms with Crippen LogP contribution in [0.2, 0.25) is 26.2 Å². The quantitative estimate of drug-likeness (QED) is 0.472. The summed E-state index contributed by atoms with van der Waals surface area (Å²) in [5.41, 5.74) is 0. The highest BCUT2D eigenvalue weighted by Crippen LogP contribution is 2.16. The fraction of sp³-hybridized carbons (Fsp3) is 0.625. The second-order valence-electron chi connectivity index (χ2n) is 5.92. The van der Waals surface area contributed by atoms with Crippen LogP contribution in [0.4, 0.5) is 0 Å². The average Bonchev–Trinajstić information content (AvgIpc) is 2.47. The van der Waals surface area contributed by atoms with Gasteiger partial charge in [0.1, 0.15) is 24.7 Å². The van der Waals surface area contributed by atoms with Crippen LogP contribution < -0.4 is 19.8 Å². The van der Waals surface area contributed by atoms with Crippen molar-refractivity contribution in [3.05, 3.63) is 12.1 Å². The second kappa shape index (κ2) is 10.0. The molecule has 0 saturated carbocycles. The van der Waals surface area contributed by atoms with Gasteiger partial charge in [-0.2, -0.15) is 0 Å². The first kappa shape index (κ1) is 19.2. The molecular weight excluding hydrogens is 312 g/mol.